The third-order valence-corrected chi connectivity index (χ3v) is 5.37. The highest BCUT2D eigenvalue weighted by atomic mass is 32.2. The number of nitrogens with zero attached hydrogens (tertiary/aromatic N) is 1. The second-order valence-electron chi connectivity index (χ2n) is 4.97. The number of hydrogen-bond donors (Lipinski definition) is 1. The van der Waals surface area contributed by atoms with Gasteiger partial charge in [0.25, 0.3) is 5.91 Å². The molecule has 7 heteroatoms. The average molecular weight is 314 g/mol. The summed E-state index contributed by atoms with van der Waals surface area (Å²) in [6.07, 6.45) is 2.66. The zero-order valence-electron chi connectivity index (χ0n) is 11.9. The number of amides is 1. The molecule has 1 aliphatic rings. The van der Waals surface area contributed by atoms with Gasteiger partial charge in [-0.3, -0.25) is 4.79 Å². The first-order chi connectivity index (χ1) is 9.96. The Morgan fingerprint density at radius 3 is 2.57 bits per heavy atom. The summed E-state index contributed by atoms with van der Waals surface area (Å²) in [7, 11) is -3.66. The molecule has 0 saturated carbocycles. The Labute approximate surface area is 124 Å². The van der Waals surface area contributed by atoms with E-state index in [9.17, 15) is 17.6 Å². The fourth-order valence-electron chi connectivity index (χ4n) is 2.35. The molecule has 1 N–H and O–H groups in total. The summed E-state index contributed by atoms with van der Waals surface area (Å²) >= 11 is 0. The Bertz CT molecular complexity index is 625. The minimum Gasteiger partial charge on any atom is -0.352 e. The molecule has 116 valence electrons. The molecule has 1 aliphatic heterocycles. The zero-order chi connectivity index (χ0) is 15.5. The summed E-state index contributed by atoms with van der Waals surface area (Å²) < 4.78 is 40.1. The molecule has 0 atom stereocenters. The number of carbonyl (C=O) groups excluding carboxylic acids is 1. The quantitative estimate of drug-likeness (QED) is 0.921. The van der Waals surface area contributed by atoms with Crippen molar-refractivity contribution in [3.05, 3.63) is 29.6 Å². The van der Waals surface area contributed by atoms with Gasteiger partial charge in [-0.25, -0.2) is 12.8 Å². The van der Waals surface area contributed by atoms with E-state index in [4.69, 9.17) is 0 Å². The van der Waals surface area contributed by atoms with Crippen LogP contribution in [-0.4, -0.2) is 38.3 Å². The van der Waals surface area contributed by atoms with E-state index in [1.807, 2.05) is 0 Å². The van der Waals surface area contributed by atoms with Gasteiger partial charge in [-0.15, -0.1) is 0 Å². The van der Waals surface area contributed by atoms with Crippen molar-refractivity contribution in [2.24, 2.45) is 0 Å². The molecule has 0 unspecified atom stereocenters. The van der Waals surface area contributed by atoms with Gasteiger partial charge in [-0.05, 0) is 38.0 Å². The van der Waals surface area contributed by atoms with Crippen LogP contribution in [0.1, 0.15) is 36.5 Å². The maximum absolute atomic E-state index is 13.7. The van der Waals surface area contributed by atoms with Crippen LogP contribution < -0.4 is 5.32 Å². The highest BCUT2D eigenvalue weighted by Gasteiger charge is 2.27. The minimum atomic E-state index is -3.66. The van der Waals surface area contributed by atoms with Gasteiger partial charge in [0.05, 0.1) is 10.5 Å². The van der Waals surface area contributed by atoms with Crippen molar-refractivity contribution in [1.82, 2.24) is 9.62 Å². The number of halogens is 1. The van der Waals surface area contributed by atoms with Crippen LogP contribution in [0.25, 0.3) is 0 Å². The summed E-state index contributed by atoms with van der Waals surface area (Å²) in [5, 5.41) is 2.47. The second kappa shape index (κ2) is 6.53. The van der Waals surface area contributed by atoms with Crippen molar-refractivity contribution >= 4 is 15.9 Å². The third kappa shape index (κ3) is 3.41. The predicted molar refractivity (Wildman–Crippen MR) is 77.0 cm³/mol. The van der Waals surface area contributed by atoms with Crippen LogP contribution in [0.15, 0.2) is 23.1 Å². The number of hydrogen-bond acceptors (Lipinski definition) is 3. The Morgan fingerprint density at radius 2 is 1.95 bits per heavy atom. The number of nitrogens with one attached hydrogen (secondary N) is 1. The first kappa shape index (κ1) is 15.9. The van der Waals surface area contributed by atoms with Crippen LogP contribution in [-0.2, 0) is 10.0 Å². The summed E-state index contributed by atoms with van der Waals surface area (Å²) in [6.45, 7) is 3.00. The first-order valence-corrected chi connectivity index (χ1v) is 8.48. The van der Waals surface area contributed by atoms with Crippen molar-refractivity contribution < 1.29 is 17.6 Å². The van der Waals surface area contributed by atoms with Gasteiger partial charge in [0.15, 0.2) is 0 Å². The van der Waals surface area contributed by atoms with E-state index >= 15 is 0 Å². The lowest BCUT2D eigenvalue weighted by Crippen LogP contribution is -2.35. The topological polar surface area (TPSA) is 66.5 Å². The van der Waals surface area contributed by atoms with E-state index in [0.717, 1.165) is 31.4 Å². The summed E-state index contributed by atoms with van der Waals surface area (Å²) in [6, 6.07) is 3.35. The molecule has 0 aromatic heterocycles. The van der Waals surface area contributed by atoms with Crippen LogP contribution in [0.5, 0.6) is 0 Å². The smallest absolute Gasteiger partial charge is 0.254 e. The van der Waals surface area contributed by atoms with Gasteiger partial charge >= 0.3 is 0 Å². The fourth-order valence-corrected chi connectivity index (χ4v) is 3.89. The monoisotopic (exact) mass is 314 g/mol. The first-order valence-electron chi connectivity index (χ1n) is 7.04. The molecule has 0 aliphatic carbocycles. The van der Waals surface area contributed by atoms with Crippen molar-refractivity contribution in [1.29, 1.82) is 0 Å². The standard InChI is InChI=1S/C14H19FN2O3S/c1-2-16-14(18)12-10-11(6-7-13(12)15)21(19,20)17-8-4-3-5-9-17/h6-7,10H,2-5,8-9H2,1H3,(H,16,18). The van der Waals surface area contributed by atoms with Crippen LogP contribution in [0.4, 0.5) is 4.39 Å². The number of rotatable bonds is 4. The van der Waals surface area contributed by atoms with E-state index < -0.39 is 21.7 Å². The molecule has 0 radical (unpaired) electrons. The maximum atomic E-state index is 13.7. The van der Waals surface area contributed by atoms with Crippen LogP contribution >= 0.6 is 0 Å². The number of benzene rings is 1. The van der Waals surface area contributed by atoms with E-state index in [1.54, 1.807) is 6.92 Å². The predicted octanol–water partition coefficient (Wildman–Crippen LogP) is 1.75. The van der Waals surface area contributed by atoms with Gasteiger partial charge in [-0.1, -0.05) is 6.42 Å². The Hall–Kier alpha value is -1.47. The highest BCUT2D eigenvalue weighted by Crippen LogP contribution is 2.22. The largest absolute Gasteiger partial charge is 0.352 e. The second-order valence-corrected chi connectivity index (χ2v) is 6.90. The molecule has 21 heavy (non-hydrogen) atoms. The molecule has 1 saturated heterocycles. The Morgan fingerprint density at radius 1 is 1.29 bits per heavy atom. The summed E-state index contributed by atoms with van der Waals surface area (Å²) in [4.78, 5) is 11.7. The van der Waals surface area contributed by atoms with Gasteiger partial charge in [0.1, 0.15) is 5.82 Å². The van der Waals surface area contributed by atoms with E-state index in [1.165, 1.54) is 10.4 Å². The lowest BCUT2D eigenvalue weighted by molar-refractivity contribution is 0.0951. The lowest BCUT2D eigenvalue weighted by Gasteiger charge is -2.26. The molecule has 1 aromatic rings. The molecule has 1 amide bonds. The molecule has 1 fully saturated rings. The molecule has 1 aromatic carbocycles. The molecule has 0 spiro atoms. The minimum absolute atomic E-state index is 0.0351. The van der Waals surface area contributed by atoms with Gasteiger partial charge < -0.3 is 5.32 Å². The van der Waals surface area contributed by atoms with E-state index in [0.29, 0.717) is 19.6 Å². The summed E-state index contributed by atoms with van der Waals surface area (Å²) in [5.41, 5.74) is -0.241. The zero-order valence-corrected chi connectivity index (χ0v) is 12.7. The molecule has 0 bridgehead atoms. The lowest BCUT2D eigenvalue weighted by atomic mass is 10.2. The van der Waals surface area contributed by atoms with Crippen LogP contribution in [0.2, 0.25) is 0 Å². The number of piperidine rings is 1. The Balaban J connectivity index is 2.35. The summed E-state index contributed by atoms with van der Waals surface area (Å²) in [5.74, 6) is -1.33. The molecule has 2 rings (SSSR count). The molecule has 5 nitrogen and oxygen atoms in total. The van der Waals surface area contributed by atoms with Gasteiger partial charge in [-0.2, -0.15) is 4.31 Å². The molecular formula is C14H19FN2O3S. The van der Waals surface area contributed by atoms with Gasteiger partial charge in [0, 0.05) is 19.6 Å². The van der Waals surface area contributed by atoms with Crippen molar-refractivity contribution in [2.45, 2.75) is 31.1 Å². The van der Waals surface area contributed by atoms with E-state index in [2.05, 4.69) is 5.32 Å². The molecular weight excluding hydrogens is 295 g/mol. The van der Waals surface area contributed by atoms with Crippen molar-refractivity contribution in [2.75, 3.05) is 19.6 Å². The van der Waals surface area contributed by atoms with E-state index in [-0.39, 0.29) is 10.5 Å². The normalized spacial score (nSPS) is 16.7. The van der Waals surface area contributed by atoms with Crippen LogP contribution in [0.3, 0.4) is 0 Å². The average Bonchev–Trinajstić information content (AvgIpc) is 2.48. The SMILES string of the molecule is CCNC(=O)c1cc(S(=O)(=O)N2CCCCC2)ccc1F. The van der Waals surface area contributed by atoms with Gasteiger partial charge in [0.2, 0.25) is 10.0 Å². The van der Waals surface area contributed by atoms with Crippen LogP contribution in [0, 0.1) is 5.82 Å². The Kier molecular flexibility index (Phi) is 4.95. The fraction of sp³-hybridized carbons (Fsp3) is 0.500. The molecule has 1 heterocycles. The third-order valence-electron chi connectivity index (χ3n) is 3.47. The highest BCUT2D eigenvalue weighted by molar-refractivity contribution is 7.89. The number of carbonyl (C=O) groups is 1. The van der Waals surface area contributed by atoms with Crippen molar-refractivity contribution in [3.8, 4) is 0 Å². The maximum Gasteiger partial charge on any atom is 0.254 e. The van der Waals surface area contributed by atoms with Crippen molar-refractivity contribution in [3.63, 3.8) is 0 Å². The number of sulfonamides is 1.